The molecule has 0 aliphatic heterocycles. The van der Waals surface area contributed by atoms with E-state index in [-0.39, 0.29) is 0 Å². The summed E-state index contributed by atoms with van der Waals surface area (Å²) in [5, 5.41) is 3.89. The van der Waals surface area contributed by atoms with Crippen LogP contribution in [0.25, 0.3) is 0 Å². The second-order valence-corrected chi connectivity index (χ2v) is 5.45. The SMILES string of the molecule is Cc1cc(CNc2ccc(Cl)nc2C)ccc1Br. The molecule has 94 valence electrons. The minimum absolute atomic E-state index is 0.525. The van der Waals surface area contributed by atoms with Crippen LogP contribution in [-0.2, 0) is 6.54 Å². The van der Waals surface area contributed by atoms with Crippen LogP contribution in [0, 0.1) is 13.8 Å². The molecule has 0 amide bonds. The van der Waals surface area contributed by atoms with Gasteiger partial charge in [-0.05, 0) is 43.2 Å². The predicted molar refractivity (Wildman–Crippen MR) is 80.2 cm³/mol. The largest absolute Gasteiger partial charge is 0.380 e. The van der Waals surface area contributed by atoms with E-state index < -0.39 is 0 Å². The number of nitrogens with zero attached hydrogens (tertiary/aromatic N) is 1. The first-order valence-electron chi connectivity index (χ1n) is 5.68. The molecule has 2 rings (SSSR count). The first-order valence-corrected chi connectivity index (χ1v) is 6.85. The van der Waals surface area contributed by atoms with Crippen LogP contribution in [0.3, 0.4) is 0 Å². The minimum atomic E-state index is 0.525. The smallest absolute Gasteiger partial charge is 0.129 e. The molecule has 0 bridgehead atoms. The van der Waals surface area contributed by atoms with Crippen molar-refractivity contribution in [3.8, 4) is 0 Å². The van der Waals surface area contributed by atoms with Gasteiger partial charge >= 0.3 is 0 Å². The summed E-state index contributed by atoms with van der Waals surface area (Å²) in [7, 11) is 0. The fourth-order valence-electron chi connectivity index (χ4n) is 1.73. The monoisotopic (exact) mass is 324 g/mol. The number of benzene rings is 1. The molecule has 0 unspecified atom stereocenters. The van der Waals surface area contributed by atoms with E-state index in [0.29, 0.717) is 5.15 Å². The summed E-state index contributed by atoms with van der Waals surface area (Å²) in [6.45, 7) is 4.81. The molecule has 0 aliphatic carbocycles. The summed E-state index contributed by atoms with van der Waals surface area (Å²) in [6, 6.07) is 10.1. The molecule has 0 aliphatic rings. The fourth-order valence-corrected chi connectivity index (χ4v) is 2.17. The Hall–Kier alpha value is -1.06. The zero-order chi connectivity index (χ0) is 13.1. The second kappa shape index (κ2) is 5.72. The molecule has 1 N–H and O–H groups in total. The van der Waals surface area contributed by atoms with Crippen LogP contribution in [0.15, 0.2) is 34.8 Å². The van der Waals surface area contributed by atoms with Crippen LogP contribution < -0.4 is 5.32 Å². The maximum absolute atomic E-state index is 5.83. The lowest BCUT2D eigenvalue weighted by atomic mass is 10.1. The maximum Gasteiger partial charge on any atom is 0.129 e. The van der Waals surface area contributed by atoms with E-state index in [1.807, 2.05) is 13.0 Å². The van der Waals surface area contributed by atoms with Crippen molar-refractivity contribution in [2.24, 2.45) is 0 Å². The highest BCUT2D eigenvalue weighted by Crippen LogP contribution is 2.19. The Morgan fingerprint density at radius 3 is 2.67 bits per heavy atom. The third-order valence-electron chi connectivity index (χ3n) is 2.76. The summed E-state index contributed by atoms with van der Waals surface area (Å²) in [5.41, 5.74) is 4.40. The number of aromatic nitrogens is 1. The Balaban J connectivity index is 2.09. The van der Waals surface area contributed by atoms with E-state index in [2.05, 4.69) is 51.4 Å². The van der Waals surface area contributed by atoms with Crippen molar-refractivity contribution in [3.63, 3.8) is 0 Å². The summed E-state index contributed by atoms with van der Waals surface area (Å²) in [4.78, 5) is 4.21. The molecule has 2 nitrogen and oxygen atoms in total. The van der Waals surface area contributed by atoms with Crippen molar-refractivity contribution in [2.45, 2.75) is 20.4 Å². The molecule has 2 aromatic rings. The fraction of sp³-hybridized carbons (Fsp3) is 0.214. The van der Waals surface area contributed by atoms with E-state index in [9.17, 15) is 0 Å². The van der Waals surface area contributed by atoms with E-state index in [1.165, 1.54) is 11.1 Å². The average molecular weight is 326 g/mol. The maximum atomic E-state index is 5.83. The molecule has 0 atom stereocenters. The summed E-state index contributed by atoms with van der Waals surface area (Å²) >= 11 is 9.33. The molecule has 0 saturated heterocycles. The van der Waals surface area contributed by atoms with Crippen LogP contribution in [0.1, 0.15) is 16.8 Å². The lowest BCUT2D eigenvalue weighted by Gasteiger charge is -2.10. The summed E-state index contributed by atoms with van der Waals surface area (Å²) < 4.78 is 1.13. The van der Waals surface area contributed by atoms with Crippen LogP contribution in [-0.4, -0.2) is 4.98 Å². The van der Waals surface area contributed by atoms with Gasteiger partial charge in [-0.15, -0.1) is 0 Å². The molecule has 0 fully saturated rings. The number of hydrogen-bond donors (Lipinski definition) is 1. The molecule has 1 aromatic heterocycles. The number of halogens is 2. The third kappa shape index (κ3) is 3.24. The Labute approximate surface area is 121 Å². The van der Waals surface area contributed by atoms with Crippen molar-refractivity contribution in [2.75, 3.05) is 5.32 Å². The highest BCUT2D eigenvalue weighted by molar-refractivity contribution is 9.10. The Morgan fingerprint density at radius 2 is 2.00 bits per heavy atom. The van der Waals surface area contributed by atoms with Crippen LogP contribution >= 0.6 is 27.5 Å². The normalized spacial score (nSPS) is 10.4. The number of hydrogen-bond acceptors (Lipinski definition) is 2. The number of rotatable bonds is 3. The molecule has 1 heterocycles. The molecule has 1 aromatic carbocycles. The first-order chi connectivity index (χ1) is 8.56. The number of anilines is 1. The zero-order valence-electron chi connectivity index (χ0n) is 10.3. The number of nitrogens with one attached hydrogen (secondary N) is 1. The molecule has 4 heteroatoms. The van der Waals surface area contributed by atoms with Gasteiger partial charge in [-0.2, -0.15) is 0 Å². The van der Waals surface area contributed by atoms with Gasteiger partial charge in [0, 0.05) is 11.0 Å². The van der Waals surface area contributed by atoms with Crippen LogP contribution in [0.5, 0.6) is 0 Å². The van der Waals surface area contributed by atoms with Crippen molar-refractivity contribution in [1.29, 1.82) is 0 Å². The van der Waals surface area contributed by atoms with Crippen molar-refractivity contribution >= 4 is 33.2 Å². The van der Waals surface area contributed by atoms with E-state index in [4.69, 9.17) is 11.6 Å². The summed E-state index contributed by atoms with van der Waals surface area (Å²) in [6.07, 6.45) is 0. The predicted octanol–water partition coefficient (Wildman–Crippen LogP) is 4.73. The van der Waals surface area contributed by atoms with Gasteiger partial charge in [-0.1, -0.05) is 39.7 Å². The number of pyridine rings is 1. The van der Waals surface area contributed by atoms with Gasteiger partial charge in [0.2, 0.25) is 0 Å². The minimum Gasteiger partial charge on any atom is -0.380 e. The van der Waals surface area contributed by atoms with Gasteiger partial charge in [0.1, 0.15) is 5.15 Å². The molecular formula is C14H14BrClN2. The van der Waals surface area contributed by atoms with Gasteiger partial charge < -0.3 is 5.32 Å². The van der Waals surface area contributed by atoms with Gasteiger partial charge in [0.05, 0.1) is 11.4 Å². The van der Waals surface area contributed by atoms with Gasteiger partial charge in [-0.3, -0.25) is 0 Å². The van der Waals surface area contributed by atoms with Gasteiger partial charge in [0.25, 0.3) is 0 Å². The van der Waals surface area contributed by atoms with E-state index in [1.54, 1.807) is 6.07 Å². The summed E-state index contributed by atoms with van der Waals surface area (Å²) in [5.74, 6) is 0. The van der Waals surface area contributed by atoms with Gasteiger partial charge in [0.15, 0.2) is 0 Å². The lowest BCUT2D eigenvalue weighted by Crippen LogP contribution is -2.02. The average Bonchev–Trinajstić information content (AvgIpc) is 2.32. The zero-order valence-corrected chi connectivity index (χ0v) is 12.6. The molecule has 0 saturated carbocycles. The van der Waals surface area contributed by atoms with Crippen LogP contribution in [0.4, 0.5) is 5.69 Å². The lowest BCUT2D eigenvalue weighted by molar-refractivity contribution is 1.10. The highest BCUT2D eigenvalue weighted by atomic mass is 79.9. The van der Waals surface area contributed by atoms with Crippen molar-refractivity contribution in [3.05, 3.63) is 56.8 Å². The first kappa shape index (κ1) is 13.4. The number of aryl methyl sites for hydroxylation is 2. The third-order valence-corrected chi connectivity index (χ3v) is 3.86. The molecular weight excluding hydrogens is 312 g/mol. The van der Waals surface area contributed by atoms with Crippen molar-refractivity contribution < 1.29 is 0 Å². The van der Waals surface area contributed by atoms with Gasteiger partial charge in [-0.25, -0.2) is 4.98 Å². The van der Waals surface area contributed by atoms with E-state index in [0.717, 1.165) is 22.4 Å². The molecule has 0 radical (unpaired) electrons. The molecule has 0 spiro atoms. The quantitative estimate of drug-likeness (QED) is 0.825. The standard InChI is InChI=1S/C14H14BrClN2/c1-9-7-11(3-4-12(9)15)8-17-13-5-6-14(16)18-10(13)2/h3-7,17H,8H2,1-2H3. The molecule has 18 heavy (non-hydrogen) atoms. The van der Waals surface area contributed by atoms with E-state index >= 15 is 0 Å². The second-order valence-electron chi connectivity index (χ2n) is 4.20. The topological polar surface area (TPSA) is 24.9 Å². The van der Waals surface area contributed by atoms with Crippen LogP contribution in [0.2, 0.25) is 5.15 Å². The van der Waals surface area contributed by atoms with Crippen molar-refractivity contribution in [1.82, 2.24) is 4.98 Å². The Morgan fingerprint density at radius 1 is 1.22 bits per heavy atom. The Kier molecular flexibility index (Phi) is 4.25. The highest BCUT2D eigenvalue weighted by Gasteiger charge is 2.01. The Bertz CT molecular complexity index is 570.